The number of hydrogen-bond donors (Lipinski definition) is 1. The molecule has 1 N–H and O–H groups in total. The van der Waals surface area contributed by atoms with Crippen molar-refractivity contribution < 1.29 is 9.84 Å². The van der Waals surface area contributed by atoms with Crippen molar-refractivity contribution in [2.45, 2.75) is 39.7 Å². The van der Waals surface area contributed by atoms with Crippen LogP contribution in [0.5, 0.6) is 5.75 Å². The van der Waals surface area contributed by atoms with Gasteiger partial charge >= 0.3 is 0 Å². The zero-order valence-corrected chi connectivity index (χ0v) is 10.0. The van der Waals surface area contributed by atoms with Crippen LogP contribution < -0.4 is 4.74 Å². The maximum Gasteiger partial charge on any atom is 0.122 e. The molecule has 0 radical (unpaired) electrons. The van der Waals surface area contributed by atoms with E-state index in [-0.39, 0.29) is 0 Å². The first-order valence-corrected chi connectivity index (χ1v) is 5.31. The lowest BCUT2D eigenvalue weighted by Crippen LogP contribution is -2.21. The summed E-state index contributed by atoms with van der Waals surface area (Å²) < 4.78 is 5.63. The van der Waals surface area contributed by atoms with Crippen LogP contribution in [0.15, 0.2) is 18.2 Å². The topological polar surface area (TPSA) is 29.5 Å². The largest absolute Gasteiger partial charge is 0.493 e. The molecular formula is C13H20O2. The van der Waals surface area contributed by atoms with Gasteiger partial charge in [-0.2, -0.15) is 0 Å². The van der Waals surface area contributed by atoms with E-state index in [4.69, 9.17) is 4.74 Å². The molecule has 0 saturated heterocycles. The molecule has 84 valence electrons. The van der Waals surface area contributed by atoms with Crippen LogP contribution in [0.2, 0.25) is 0 Å². The third-order valence-corrected chi connectivity index (χ3v) is 2.53. The number of ether oxygens (including phenoxy) is 1. The summed E-state index contributed by atoms with van der Waals surface area (Å²) in [6, 6.07) is 6.02. The van der Waals surface area contributed by atoms with Gasteiger partial charge in [-0.15, -0.1) is 0 Å². The highest BCUT2D eigenvalue weighted by molar-refractivity contribution is 5.38. The van der Waals surface area contributed by atoms with Gasteiger partial charge in [0.1, 0.15) is 5.75 Å². The quantitative estimate of drug-likeness (QED) is 0.824. The minimum absolute atomic E-state index is 0.549. The molecule has 0 fully saturated rings. The van der Waals surface area contributed by atoms with Gasteiger partial charge in [0.05, 0.1) is 12.2 Å². The second-order valence-corrected chi connectivity index (χ2v) is 4.61. The lowest BCUT2D eigenvalue weighted by Gasteiger charge is -2.18. The zero-order chi connectivity index (χ0) is 11.5. The lowest BCUT2D eigenvalue weighted by atomic mass is 10.1. The molecule has 0 spiro atoms. The van der Waals surface area contributed by atoms with E-state index in [9.17, 15) is 5.11 Å². The molecule has 0 unspecified atom stereocenters. The molecule has 15 heavy (non-hydrogen) atoms. The number of aryl methyl sites for hydroxylation is 1. The molecule has 0 saturated carbocycles. The van der Waals surface area contributed by atoms with Crippen molar-refractivity contribution in [1.82, 2.24) is 0 Å². The van der Waals surface area contributed by atoms with Crippen molar-refractivity contribution in [3.05, 3.63) is 29.3 Å². The van der Waals surface area contributed by atoms with Gasteiger partial charge in [0, 0.05) is 6.42 Å². The molecule has 0 aliphatic rings. The molecule has 1 aromatic rings. The fraction of sp³-hybridized carbons (Fsp3) is 0.538. The Balaban J connectivity index is 2.55. The summed E-state index contributed by atoms with van der Waals surface area (Å²) in [7, 11) is 0. The summed E-state index contributed by atoms with van der Waals surface area (Å²) in [6.07, 6.45) is 0.639. The van der Waals surface area contributed by atoms with Gasteiger partial charge in [0.15, 0.2) is 0 Å². The first-order valence-electron chi connectivity index (χ1n) is 5.31. The van der Waals surface area contributed by atoms with Crippen molar-refractivity contribution in [1.29, 1.82) is 0 Å². The normalized spacial score (nSPS) is 11.5. The molecule has 2 heteroatoms. The number of rotatable bonds is 4. The Hall–Kier alpha value is -1.02. The van der Waals surface area contributed by atoms with Crippen LogP contribution in [0.1, 0.15) is 31.4 Å². The summed E-state index contributed by atoms with van der Waals surface area (Å²) in [5, 5.41) is 9.54. The van der Waals surface area contributed by atoms with Crippen molar-refractivity contribution in [2.75, 3.05) is 6.61 Å². The molecule has 1 rings (SSSR count). The smallest absolute Gasteiger partial charge is 0.122 e. The first-order chi connectivity index (χ1) is 6.90. The lowest BCUT2D eigenvalue weighted by molar-refractivity contribution is 0.0552. The Morgan fingerprint density at radius 2 is 1.93 bits per heavy atom. The Bertz CT molecular complexity index is 324. The van der Waals surface area contributed by atoms with Crippen LogP contribution in [-0.4, -0.2) is 17.3 Å². The number of hydrogen-bond acceptors (Lipinski definition) is 2. The van der Waals surface area contributed by atoms with Gasteiger partial charge in [0.2, 0.25) is 0 Å². The fourth-order valence-electron chi connectivity index (χ4n) is 1.29. The van der Waals surface area contributed by atoms with E-state index in [1.54, 1.807) is 13.8 Å². The standard InChI is InChI=1S/C13H20O2/c1-10-6-5-7-12(11(10)2)15-9-8-13(3,4)14/h5-7,14H,8-9H2,1-4H3. The summed E-state index contributed by atoms with van der Waals surface area (Å²) in [5.41, 5.74) is 1.75. The second kappa shape index (κ2) is 4.67. The summed E-state index contributed by atoms with van der Waals surface area (Å²) >= 11 is 0. The van der Waals surface area contributed by atoms with Crippen molar-refractivity contribution >= 4 is 0 Å². The van der Waals surface area contributed by atoms with Crippen LogP contribution in [0, 0.1) is 13.8 Å². The van der Waals surface area contributed by atoms with Gasteiger partial charge in [-0.1, -0.05) is 12.1 Å². The summed E-state index contributed by atoms with van der Waals surface area (Å²) in [4.78, 5) is 0. The van der Waals surface area contributed by atoms with E-state index in [0.29, 0.717) is 13.0 Å². The predicted molar refractivity (Wildman–Crippen MR) is 62.3 cm³/mol. The molecule has 0 aliphatic heterocycles. The van der Waals surface area contributed by atoms with Crippen LogP contribution in [-0.2, 0) is 0 Å². The average molecular weight is 208 g/mol. The fourth-order valence-corrected chi connectivity index (χ4v) is 1.29. The molecular weight excluding hydrogens is 188 g/mol. The van der Waals surface area contributed by atoms with Crippen molar-refractivity contribution in [3.8, 4) is 5.75 Å². The van der Waals surface area contributed by atoms with Crippen LogP contribution in [0.3, 0.4) is 0 Å². The highest BCUT2D eigenvalue weighted by Gasteiger charge is 2.12. The molecule has 2 nitrogen and oxygen atoms in total. The van der Waals surface area contributed by atoms with Gasteiger partial charge in [-0.25, -0.2) is 0 Å². The van der Waals surface area contributed by atoms with E-state index < -0.39 is 5.60 Å². The monoisotopic (exact) mass is 208 g/mol. The molecule has 0 aliphatic carbocycles. The third kappa shape index (κ3) is 3.92. The van der Waals surface area contributed by atoms with E-state index in [1.807, 2.05) is 12.1 Å². The van der Waals surface area contributed by atoms with E-state index in [2.05, 4.69) is 19.9 Å². The van der Waals surface area contributed by atoms with E-state index in [1.165, 1.54) is 11.1 Å². The maximum atomic E-state index is 9.54. The molecule has 0 atom stereocenters. The van der Waals surface area contributed by atoms with Gasteiger partial charge in [-0.05, 0) is 44.9 Å². The molecule has 1 aromatic carbocycles. The van der Waals surface area contributed by atoms with Crippen molar-refractivity contribution in [3.63, 3.8) is 0 Å². The summed E-state index contributed by atoms with van der Waals surface area (Å²) in [6.45, 7) is 8.25. The van der Waals surface area contributed by atoms with Crippen molar-refractivity contribution in [2.24, 2.45) is 0 Å². The number of aliphatic hydroxyl groups is 1. The summed E-state index contributed by atoms with van der Waals surface area (Å²) in [5.74, 6) is 0.916. The minimum atomic E-state index is -0.655. The van der Waals surface area contributed by atoms with Crippen LogP contribution in [0.4, 0.5) is 0 Å². The zero-order valence-electron chi connectivity index (χ0n) is 10.0. The minimum Gasteiger partial charge on any atom is -0.493 e. The van der Waals surface area contributed by atoms with E-state index >= 15 is 0 Å². The average Bonchev–Trinajstić information content (AvgIpc) is 2.10. The van der Waals surface area contributed by atoms with Gasteiger partial charge < -0.3 is 9.84 Å². The Labute approximate surface area is 91.9 Å². The highest BCUT2D eigenvalue weighted by Crippen LogP contribution is 2.21. The van der Waals surface area contributed by atoms with Gasteiger partial charge in [0.25, 0.3) is 0 Å². The molecule has 0 heterocycles. The third-order valence-electron chi connectivity index (χ3n) is 2.53. The Morgan fingerprint density at radius 1 is 1.27 bits per heavy atom. The van der Waals surface area contributed by atoms with Gasteiger partial charge in [-0.3, -0.25) is 0 Å². The van der Waals surface area contributed by atoms with Crippen LogP contribution >= 0.6 is 0 Å². The SMILES string of the molecule is Cc1cccc(OCCC(C)(C)O)c1C. The molecule has 0 amide bonds. The van der Waals surface area contributed by atoms with Crippen LogP contribution in [0.25, 0.3) is 0 Å². The molecule has 0 bridgehead atoms. The Kier molecular flexibility index (Phi) is 3.75. The predicted octanol–water partition coefficient (Wildman–Crippen LogP) is 2.84. The number of benzene rings is 1. The second-order valence-electron chi connectivity index (χ2n) is 4.61. The Morgan fingerprint density at radius 3 is 2.53 bits per heavy atom. The van der Waals surface area contributed by atoms with E-state index in [0.717, 1.165) is 5.75 Å². The molecule has 0 aromatic heterocycles. The highest BCUT2D eigenvalue weighted by atomic mass is 16.5. The maximum absolute atomic E-state index is 9.54. The first kappa shape index (κ1) is 12.1.